The second-order valence-corrected chi connectivity index (χ2v) is 9.66. The van der Waals surface area contributed by atoms with Gasteiger partial charge in [0, 0.05) is 0 Å². The van der Waals surface area contributed by atoms with Crippen LogP contribution in [0.3, 0.4) is 0 Å². The fourth-order valence-electron chi connectivity index (χ4n) is 3.24. The molecule has 0 bridgehead atoms. The van der Waals surface area contributed by atoms with Crippen LogP contribution >= 0.6 is 0 Å². The largest absolute Gasteiger partial charge is 0.438 e. The molecule has 0 unspecified atom stereocenters. The zero-order valence-electron chi connectivity index (χ0n) is 14.1. The first-order valence-corrected chi connectivity index (χ1v) is 10.7. The van der Waals surface area contributed by atoms with Crippen molar-refractivity contribution >= 4 is 29.6 Å². The van der Waals surface area contributed by atoms with Gasteiger partial charge in [-0.15, -0.1) is 5.16 Å². The van der Waals surface area contributed by atoms with Crippen LogP contribution in [0.2, 0.25) is 0 Å². The summed E-state index contributed by atoms with van der Waals surface area (Å²) in [6.45, 7) is 0. The van der Waals surface area contributed by atoms with Gasteiger partial charge < -0.3 is 4.53 Å². The van der Waals surface area contributed by atoms with Crippen LogP contribution in [0.4, 0.5) is 0 Å². The lowest BCUT2D eigenvalue weighted by Crippen LogP contribution is -2.68. The smallest absolute Gasteiger partial charge is 0.380 e. The lowest BCUT2D eigenvalue weighted by molar-refractivity contribution is 0.342. The third-order valence-electron chi connectivity index (χ3n) is 4.78. The summed E-state index contributed by atoms with van der Waals surface area (Å²) >= 11 is 0. The van der Waals surface area contributed by atoms with Gasteiger partial charge in [-0.2, -0.15) is 0 Å². The fourth-order valence-corrected chi connectivity index (χ4v) is 6.80. The summed E-state index contributed by atoms with van der Waals surface area (Å²) in [5.74, 6) is 0. The van der Waals surface area contributed by atoms with Crippen LogP contribution in [0, 0.1) is 0 Å². The van der Waals surface area contributed by atoms with Crippen molar-refractivity contribution in [2.45, 2.75) is 19.3 Å². The maximum Gasteiger partial charge on any atom is 0.380 e. The van der Waals surface area contributed by atoms with E-state index in [9.17, 15) is 0 Å². The molecule has 0 heterocycles. The van der Waals surface area contributed by atoms with Gasteiger partial charge in [-0.3, -0.25) is 0 Å². The van der Waals surface area contributed by atoms with E-state index >= 15 is 0 Å². The van der Waals surface area contributed by atoms with E-state index in [4.69, 9.17) is 4.53 Å². The Bertz CT molecular complexity index is 744. The molecule has 0 amide bonds. The molecule has 2 nitrogen and oxygen atoms in total. The average Bonchev–Trinajstić information content (AvgIpc) is 2.66. The molecule has 0 atom stereocenters. The van der Waals surface area contributed by atoms with Gasteiger partial charge in [0.25, 0.3) is 0 Å². The highest BCUT2D eigenvalue weighted by molar-refractivity contribution is 7.07. The van der Waals surface area contributed by atoms with E-state index in [0.717, 1.165) is 12.8 Å². The first-order valence-electron chi connectivity index (χ1n) is 8.80. The molecule has 1 aliphatic carbocycles. The molecule has 124 valence electrons. The number of hydrogen-bond acceptors (Lipinski definition) is 2. The first-order chi connectivity index (χ1) is 12.4. The zero-order chi connectivity index (χ0) is 17.0. The Morgan fingerprint density at radius 1 is 0.600 bits per heavy atom. The molecule has 1 saturated carbocycles. The second kappa shape index (κ2) is 7.07. The molecule has 3 aromatic carbocycles. The Balaban J connectivity index is 1.93. The minimum absolute atomic E-state index is 1.06. The van der Waals surface area contributed by atoms with Crippen molar-refractivity contribution in [1.29, 1.82) is 0 Å². The molecule has 0 radical (unpaired) electrons. The van der Waals surface area contributed by atoms with Gasteiger partial charge in [-0.25, -0.2) is 0 Å². The summed E-state index contributed by atoms with van der Waals surface area (Å²) in [7, 11) is -2.66. The van der Waals surface area contributed by atoms with Gasteiger partial charge in [-0.1, -0.05) is 91.0 Å². The third kappa shape index (κ3) is 3.03. The van der Waals surface area contributed by atoms with Crippen LogP contribution in [-0.2, 0) is 4.53 Å². The molecular weight excluding hydrogens is 322 g/mol. The zero-order valence-corrected chi connectivity index (χ0v) is 15.1. The molecule has 3 heteroatoms. The maximum atomic E-state index is 6.52. The summed E-state index contributed by atoms with van der Waals surface area (Å²) in [5.41, 5.74) is 1.18. The Labute approximate surface area is 149 Å². The van der Waals surface area contributed by atoms with Crippen molar-refractivity contribution in [2.24, 2.45) is 5.16 Å². The van der Waals surface area contributed by atoms with Crippen molar-refractivity contribution in [1.82, 2.24) is 0 Å². The molecule has 0 aliphatic heterocycles. The monoisotopic (exact) mass is 343 g/mol. The van der Waals surface area contributed by atoms with Gasteiger partial charge in [0.2, 0.25) is 0 Å². The molecule has 0 N–H and O–H groups in total. The average molecular weight is 344 g/mol. The molecule has 25 heavy (non-hydrogen) atoms. The lowest BCUT2D eigenvalue weighted by Gasteiger charge is -2.31. The van der Waals surface area contributed by atoms with Crippen molar-refractivity contribution < 1.29 is 4.53 Å². The number of oxime groups is 1. The van der Waals surface area contributed by atoms with Gasteiger partial charge in [0.05, 0.1) is 5.71 Å². The van der Waals surface area contributed by atoms with Gasteiger partial charge in [-0.05, 0) is 34.8 Å². The third-order valence-corrected chi connectivity index (χ3v) is 8.59. The molecule has 0 saturated heterocycles. The summed E-state index contributed by atoms with van der Waals surface area (Å²) < 4.78 is 6.52. The van der Waals surface area contributed by atoms with Crippen molar-refractivity contribution in [2.75, 3.05) is 0 Å². The summed E-state index contributed by atoms with van der Waals surface area (Å²) in [6.07, 6.45) is 3.34. The van der Waals surface area contributed by atoms with E-state index in [1.165, 1.54) is 27.7 Å². The van der Waals surface area contributed by atoms with Gasteiger partial charge in [0.1, 0.15) is 0 Å². The molecule has 0 aromatic heterocycles. The van der Waals surface area contributed by atoms with E-state index in [1.54, 1.807) is 0 Å². The van der Waals surface area contributed by atoms with E-state index in [2.05, 4.69) is 96.2 Å². The van der Waals surface area contributed by atoms with Crippen LogP contribution in [-0.4, -0.2) is 14.0 Å². The van der Waals surface area contributed by atoms with E-state index in [1.807, 2.05) is 0 Å². The summed E-state index contributed by atoms with van der Waals surface area (Å²) in [6, 6.07) is 31.7. The highest BCUT2D eigenvalue weighted by atomic mass is 28.4. The molecule has 4 rings (SSSR count). The number of rotatable bonds is 5. The topological polar surface area (TPSA) is 21.6 Å². The predicted molar refractivity (Wildman–Crippen MR) is 106 cm³/mol. The standard InChI is InChI=1S/C22H21NOSi/c1-4-13-20(14-5-1)25(21-15-6-2-7-16-21,22-17-8-3-9-18-22)24-23-19-11-10-12-19/h1-9,13-18H,10-12H2. The quantitative estimate of drug-likeness (QED) is 0.396. The Morgan fingerprint density at radius 3 is 1.32 bits per heavy atom. The SMILES string of the molecule is c1ccc([Si](ON=C2CCC2)(c2ccccc2)c2ccccc2)cc1. The Hall–Kier alpha value is -2.65. The molecule has 0 spiro atoms. The number of nitrogens with zero attached hydrogens (tertiary/aromatic N) is 1. The minimum Gasteiger partial charge on any atom is -0.438 e. The van der Waals surface area contributed by atoms with Crippen LogP contribution in [0.25, 0.3) is 0 Å². The van der Waals surface area contributed by atoms with E-state index in [0.29, 0.717) is 0 Å². The van der Waals surface area contributed by atoms with E-state index in [-0.39, 0.29) is 0 Å². The summed E-state index contributed by atoms with van der Waals surface area (Å²) in [4.78, 5) is 0. The highest BCUT2D eigenvalue weighted by Gasteiger charge is 2.45. The van der Waals surface area contributed by atoms with Gasteiger partial charge >= 0.3 is 8.32 Å². The molecular formula is C22H21NOSi. The summed E-state index contributed by atoms with van der Waals surface area (Å²) in [5, 5.41) is 8.27. The van der Waals surface area contributed by atoms with Gasteiger partial charge in [0.15, 0.2) is 0 Å². The highest BCUT2D eigenvalue weighted by Crippen LogP contribution is 2.17. The second-order valence-electron chi connectivity index (χ2n) is 6.38. The molecule has 3 aromatic rings. The predicted octanol–water partition coefficient (Wildman–Crippen LogP) is 3.21. The minimum atomic E-state index is -2.66. The fraction of sp³-hybridized carbons (Fsp3) is 0.136. The Kier molecular flexibility index (Phi) is 4.48. The molecule has 1 fully saturated rings. The number of benzene rings is 3. The first kappa shape index (κ1) is 15.9. The maximum absolute atomic E-state index is 6.52. The van der Waals surface area contributed by atoms with Crippen molar-refractivity contribution in [3.05, 3.63) is 91.0 Å². The van der Waals surface area contributed by atoms with Crippen LogP contribution in [0.15, 0.2) is 96.2 Å². The van der Waals surface area contributed by atoms with Crippen LogP contribution in [0.5, 0.6) is 0 Å². The van der Waals surface area contributed by atoms with Crippen LogP contribution < -0.4 is 15.6 Å². The Morgan fingerprint density at radius 2 is 1.00 bits per heavy atom. The van der Waals surface area contributed by atoms with Crippen LogP contribution in [0.1, 0.15) is 19.3 Å². The van der Waals surface area contributed by atoms with Crippen molar-refractivity contribution in [3.8, 4) is 0 Å². The molecule has 1 aliphatic rings. The lowest BCUT2D eigenvalue weighted by atomic mass is 9.98. The van der Waals surface area contributed by atoms with E-state index < -0.39 is 8.32 Å². The normalized spacial score (nSPS) is 13.8. The number of hydrogen-bond donors (Lipinski definition) is 0. The van der Waals surface area contributed by atoms with Crippen molar-refractivity contribution in [3.63, 3.8) is 0 Å².